The number of rotatable bonds is 3. The lowest BCUT2D eigenvalue weighted by Crippen LogP contribution is -2.54. The van der Waals surface area contributed by atoms with Gasteiger partial charge in [-0.25, -0.2) is 0 Å². The molecule has 0 aromatic rings. The van der Waals surface area contributed by atoms with E-state index in [2.05, 4.69) is 6.92 Å². The van der Waals surface area contributed by atoms with Gasteiger partial charge in [0.25, 0.3) is 0 Å². The molecule has 2 unspecified atom stereocenters. The zero-order chi connectivity index (χ0) is 13.9. The van der Waals surface area contributed by atoms with Crippen molar-refractivity contribution in [1.29, 1.82) is 0 Å². The topological polar surface area (TPSA) is 17.1 Å². The van der Waals surface area contributed by atoms with Crippen molar-refractivity contribution in [3.8, 4) is 0 Å². The Labute approximate surface area is 111 Å². The molecule has 4 aliphatic carbocycles. The van der Waals surface area contributed by atoms with Gasteiger partial charge in [0.15, 0.2) is 0 Å². The lowest BCUT2D eigenvalue weighted by molar-refractivity contribution is -0.162. The quantitative estimate of drug-likeness (QED) is 0.740. The van der Waals surface area contributed by atoms with E-state index in [1.165, 1.54) is 19.3 Å². The Kier molecular flexibility index (Phi) is 2.82. The highest BCUT2D eigenvalue weighted by Gasteiger charge is 2.58. The van der Waals surface area contributed by atoms with E-state index in [0.717, 1.165) is 19.3 Å². The van der Waals surface area contributed by atoms with Gasteiger partial charge in [-0.1, -0.05) is 6.92 Å². The molecule has 0 N–H and O–H groups in total. The minimum absolute atomic E-state index is 0.106. The Hall–Kier alpha value is -0.540. The summed E-state index contributed by atoms with van der Waals surface area (Å²) in [6, 6.07) is 0. The second-order valence-corrected chi connectivity index (χ2v) is 7.59. The number of carbonyl (C=O) groups is 1. The summed E-state index contributed by atoms with van der Waals surface area (Å²) >= 11 is 0. The fourth-order valence-corrected chi connectivity index (χ4v) is 5.57. The lowest BCUT2D eigenvalue weighted by atomic mass is 9.43. The van der Waals surface area contributed by atoms with Gasteiger partial charge in [-0.2, -0.15) is 13.2 Å². The Bertz CT molecular complexity index is 385. The van der Waals surface area contributed by atoms with Crippen molar-refractivity contribution in [2.45, 2.75) is 64.5 Å². The molecule has 0 radical (unpaired) electrons. The Balaban J connectivity index is 1.74. The second kappa shape index (κ2) is 3.98. The summed E-state index contributed by atoms with van der Waals surface area (Å²) in [4.78, 5) is 12.4. The van der Waals surface area contributed by atoms with Gasteiger partial charge in [0.1, 0.15) is 5.78 Å². The smallest absolute Gasteiger partial charge is 0.299 e. The highest BCUT2D eigenvalue weighted by Crippen LogP contribution is 2.65. The molecule has 0 heterocycles. The first-order chi connectivity index (χ1) is 8.70. The largest absolute Gasteiger partial charge is 0.389 e. The van der Waals surface area contributed by atoms with Gasteiger partial charge in [0, 0.05) is 11.8 Å². The average Bonchev–Trinajstić information content (AvgIpc) is 2.21. The zero-order valence-electron chi connectivity index (χ0n) is 11.4. The fraction of sp³-hybridized carbons (Fsp3) is 0.933. The van der Waals surface area contributed by atoms with E-state index in [-0.39, 0.29) is 17.6 Å². The van der Waals surface area contributed by atoms with Gasteiger partial charge in [0.2, 0.25) is 0 Å². The molecule has 4 bridgehead atoms. The van der Waals surface area contributed by atoms with E-state index in [4.69, 9.17) is 0 Å². The Morgan fingerprint density at radius 1 is 1.16 bits per heavy atom. The predicted molar refractivity (Wildman–Crippen MR) is 65.5 cm³/mol. The molecule has 2 atom stereocenters. The first-order valence-electron chi connectivity index (χ1n) is 7.30. The van der Waals surface area contributed by atoms with Crippen LogP contribution in [0.25, 0.3) is 0 Å². The van der Waals surface area contributed by atoms with Crippen LogP contribution in [-0.2, 0) is 4.79 Å². The number of Topliss-reactive ketones (excluding diaryl/α,β-unsaturated/α-hetero) is 1. The average molecular weight is 274 g/mol. The van der Waals surface area contributed by atoms with Crippen LogP contribution in [0.15, 0.2) is 0 Å². The van der Waals surface area contributed by atoms with Crippen LogP contribution < -0.4 is 0 Å². The highest BCUT2D eigenvalue weighted by molar-refractivity contribution is 5.85. The number of hydrogen-bond acceptors (Lipinski definition) is 1. The van der Waals surface area contributed by atoms with Gasteiger partial charge in [-0.15, -0.1) is 0 Å². The predicted octanol–water partition coefficient (Wildman–Crippen LogP) is 4.50. The minimum Gasteiger partial charge on any atom is -0.299 e. The van der Waals surface area contributed by atoms with Crippen molar-refractivity contribution in [1.82, 2.24) is 0 Å². The number of alkyl halides is 3. The van der Waals surface area contributed by atoms with Gasteiger partial charge in [-0.05, 0) is 55.8 Å². The lowest BCUT2D eigenvalue weighted by Gasteiger charge is -2.60. The maximum atomic E-state index is 12.4. The van der Waals surface area contributed by atoms with Gasteiger partial charge >= 0.3 is 6.18 Å². The minimum atomic E-state index is -4.21. The molecule has 4 saturated carbocycles. The van der Waals surface area contributed by atoms with Gasteiger partial charge < -0.3 is 0 Å². The molecular formula is C15H21F3O. The van der Waals surface area contributed by atoms with Crippen LogP contribution in [0.3, 0.4) is 0 Å². The molecular weight excluding hydrogens is 253 g/mol. The second-order valence-electron chi connectivity index (χ2n) is 7.59. The Morgan fingerprint density at radius 2 is 1.74 bits per heavy atom. The molecule has 0 spiro atoms. The molecule has 0 saturated heterocycles. The molecule has 4 aliphatic rings. The maximum absolute atomic E-state index is 12.4. The van der Waals surface area contributed by atoms with Crippen LogP contribution in [-0.4, -0.2) is 12.0 Å². The summed E-state index contributed by atoms with van der Waals surface area (Å²) in [5.41, 5.74) is -0.179. The zero-order valence-corrected chi connectivity index (χ0v) is 11.4. The summed E-state index contributed by atoms with van der Waals surface area (Å²) in [5.74, 6) is 1.06. The van der Waals surface area contributed by atoms with Gasteiger partial charge in [-0.3, -0.25) is 4.79 Å². The van der Waals surface area contributed by atoms with Crippen LogP contribution in [0.4, 0.5) is 13.2 Å². The number of ketones is 1. The molecule has 108 valence electrons. The normalized spacial score (nSPS) is 44.6. The van der Waals surface area contributed by atoms with E-state index in [9.17, 15) is 18.0 Å². The summed E-state index contributed by atoms with van der Waals surface area (Å²) in [7, 11) is 0. The third-order valence-electron chi connectivity index (χ3n) is 5.58. The Morgan fingerprint density at radius 3 is 2.21 bits per heavy atom. The molecule has 4 rings (SSSR count). The molecule has 0 aliphatic heterocycles. The first kappa shape index (κ1) is 13.4. The van der Waals surface area contributed by atoms with E-state index >= 15 is 0 Å². The van der Waals surface area contributed by atoms with E-state index in [0.29, 0.717) is 11.8 Å². The van der Waals surface area contributed by atoms with E-state index in [1.807, 2.05) is 0 Å². The molecule has 0 aromatic carbocycles. The molecule has 19 heavy (non-hydrogen) atoms. The van der Waals surface area contributed by atoms with Gasteiger partial charge in [0.05, 0.1) is 6.42 Å². The summed E-state index contributed by atoms with van der Waals surface area (Å²) < 4.78 is 36.9. The standard InChI is InChI=1S/C15H21F3O/c1-13-5-10-4-11(6-13)8-14(7-10,9-13)12(19)2-3-15(16,17)18/h10-11H,2-9H2,1H3. The highest BCUT2D eigenvalue weighted by atomic mass is 19.4. The molecule has 4 fully saturated rings. The van der Waals surface area contributed by atoms with Crippen LogP contribution in [0, 0.1) is 22.7 Å². The van der Waals surface area contributed by atoms with E-state index < -0.39 is 18.0 Å². The van der Waals surface area contributed by atoms with Crippen LogP contribution in [0.5, 0.6) is 0 Å². The molecule has 4 heteroatoms. The maximum Gasteiger partial charge on any atom is 0.389 e. The van der Waals surface area contributed by atoms with Crippen molar-refractivity contribution in [3.63, 3.8) is 0 Å². The fourth-order valence-electron chi connectivity index (χ4n) is 5.57. The monoisotopic (exact) mass is 274 g/mol. The number of carbonyl (C=O) groups excluding carboxylic acids is 1. The molecule has 1 nitrogen and oxygen atoms in total. The van der Waals surface area contributed by atoms with E-state index in [1.54, 1.807) is 0 Å². The number of halogens is 3. The molecule has 0 amide bonds. The van der Waals surface area contributed by atoms with Crippen LogP contribution >= 0.6 is 0 Å². The number of hydrogen-bond donors (Lipinski definition) is 0. The summed E-state index contributed by atoms with van der Waals surface area (Å²) in [5, 5.41) is 0. The first-order valence-corrected chi connectivity index (χ1v) is 7.30. The van der Waals surface area contributed by atoms with Crippen LogP contribution in [0.1, 0.15) is 58.3 Å². The molecule has 0 aromatic heterocycles. The van der Waals surface area contributed by atoms with Crippen molar-refractivity contribution in [3.05, 3.63) is 0 Å². The van der Waals surface area contributed by atoms with Crippen molar-refractivity contribution < 1.29 is 18.0 Å². The SMILES string of the molecule is CC12CC3CC(C1)CC(C(=O)CCC(F)(F)F)(C3)C2. The van der Waals surface area contributed by atoms with Crippen LogP contribution in [0.2, 0.25) is 0 Å². The summed E-state index contributed by atoms with van der Waals surface area (Å²) in [6.07, 6.45) is 0.648. The van der Waals surface area contributed by atoms with Crippen molar-refractivity contribution in [2.75, 3.05) is 0 Å². The van der Waals surface area contributed by atoms with Crippen molar-refractivity contribution >= 4 is 5.78 Å². The summed E-state index contributed by atoms with van der Waals surface area (Å²) in [6.45, 7) is 2.23. The third kappa shape index (κ3) is 2.43. The van der Waals surface area contributed by atoms with Crippen molar-refractivity contribution in [2.24, 2.45) is 22.7 Å². The third-order valence-corrected chi connectivity index (χ3v) is 5.58.